The smallest absolute Gasteiger partial charge is 0.267 e. The third-order valence-corrected chi connectivity index (χ3v) is 5.89. The zero-order valence-electron chi connectivity index (χ0n) is 21.3. The predicted molar refractivity (Wildman–Crippen MR) is 140 cm³/mol. The van der Waals surface area contributed by atoms with E-state index in [1.807, 2.05) is 6.92 Å². The van der Waals surface area contributed by atoms with Crippen molar-refractivity contribution in [3.05, 3.63) is 99.9 Å². The van der Waals surface area contributed by atoms with Crippen LogP contribution in [-0.4, -0.2) is 45.3 Å². The van der Waals surface area contributed by atoms with E-state index in [1.54, 1.807) is 24.3 Å². The van der Waals surface area contributed by atoms with Gasteiger partial charge in [-0.3, -0.25) is 9.59 Å². The molecule has 0 spiro atoms. The molecule has 0 fully saturated rings. The molecule has 4 rings (SSSR count). The van der Waals surface area contributed by atoms with Gasteiger partial charge in [0.05, 0.1) is 17.8 Å². The normalized spacial score (nSPS) is 11.0. The summed E-state index contributed by atoms with van der Waals surface area (Å²) >= 11 is 0. The molecule has 2 heterocycles. The first-order valence-electron chi connectivity index (χ1n) is 12.5. The number of nitrogens with zero attached hydrogens (tertiary/aromatic N) is 4. The third kappa shape index (κ3) is 7.14. The van der Waals surface area contributed by atoms with Crippen LogP contribution in [0, 0.1) is 17.5 Å². The molecule has 0 saturated heterocycles. The molecular formula is C28H27F3N6O2. The first-order chi connectivity index (χ1) is 18.9. The lowest BCUT2D eigenvalue weighted by molar-refractivity contribution is 0.0952. The maximum Gasteiger partial charge on any atom is 0.267 e. The predicted octanol–water partition coefficient (Wildman–Crippen LogP) is 3.95. The van der Waals surface area contributed by atoms with Crippen molar-refractivity contribution in [1.82, 2.24) is 30.4 Å². The van der Waals surface area contributed by atoms with Crippen LogP contribution in [0.25, 0.3) is 22.6 Å². The summed E-state index contributed by atoms with van der Waals surface area (Å²) in [7, 11) is 0. The van der Waals surface area contributed by atoms with Gasteiger partial charge in [-0.05, 0) is 55.8 Å². The van der Waals surface area contributed by atoms with Gasteiger partial charge in [0, 0.05) is 36.1 Å². The second-order valence-electron chi connectivity index (χ2n) is 8.78. The van der Waals surface area contributed by atoms with E-state index in [1.165, 1.54) is 24.5 Å². The minimum absolute atomic E-state index is 0.0000659. The highest BCUT2D eigenvalue weighted by atomic mass is 19.2. The second kappa shape index (κ2) is 12.9. The molecule has 0 bridgehead atoms. The highest BCUT2D eigenvalue weighted by Gasteiger charge is 2.14. The van der Waals surface area contributed by atoms with Gasteiger partial charge in [0.25, 0.3) is 11.5 Å². The number of hydrogen-bond acceptors (Lipinski definition) is 6. The first-order valence-corrected chi connectivity index (χ1v) is 12.5. The summed E-state index contributed by atoms with van der Waals surface area (Å²) in [5, 5.41) is 10.3. The lowest BCUT2D eigenvalue weighted by atomic mass is 10.1. The summed E-state index contributed by atoms with van der Waals surface area (Å²) in [6.07, 6.45) is 4.75. The summed E-state index contributed by atoms with van der Waals surface area (Å²) in [6, 6.07) is 11.3. The average molecular weight is 537 g/mol. The molecule has 2 N–H and O–H groups in total. The Kier molecular flexibility index (Phi) is 9.16. The molecule has 2 aromatic heterocycles. The van der Waals surface area contributed by atoms with Crippen molar-refractivity contribution in [3.63, 3.8) is 0 Å². The number of hydrogen-bond donors (Lipinski definition) is 2. The van der Waals surface area contributed by atoms with Gasteiger partial charge in [-0.1, -0.05) is 25.1 Å². The van der Waals surface area contributed by atoms with E-state index in [4.69, 9.17) is 0 Å². The standard InChI is InChI=1S/C28H27F3N6O2/c1-2-32-10-3-4-11-33-28(39)21-15-34-27(35-16-21)19-7-5-6-18(12-19)17-37-25(38)9-8-24(36-37)20-13-22(29)26(31)23(30)14-20/h5-9,12-16,32H,2-4,10-11,17H2,1H3,(H,33,39). The van der Waals surface area contributed by atoms with Gasteiger partial charge in [0.2, 0.25) is 0 Å². The largest absolute Gasteiger partial charge is 0.352 e. The highest BCUT2D eigenvalue weighted by Crippen LogP contribution is 2.22. The van der Waals surface area contributed by atoms with Gasteiger partial charge in [0.15, 0.2) is 23.3 Å². The van der Waals surface area contributed by atoms with E-state index in [0.717, 1.165) is 42.7 Å². The van der Waals surface area contributed by atoms with Crippen LogP contribution in [0.15, 0.2) is 65.7 Å². The molecule has 11 heteroatoms. The summed E-state index contributed by atoms with van der Waals surface area (Å²) in [6.45, 7) is 4.50. The molecule has 39 heavy (non-hydrogen) atoms. The first kappa shape index (κ1) is 27.6. The molecule has 0 unspecified atom stereocenters. The molecule has 0 atom stereocenters. The minimum Gasteiger partial charge on any atom is -0.352 e. The monoisotopic (exact) mass is 536 g/mol. The van der Waals surface area contributed by atoms with Crippen LogP contribution in [-0.2, 0) is 6.54 Å². The zero-order valence-corrected chi connectivity index (χ0v) is 21.3. The lowest BCUT2D eigenvalue weighted by Crippen LogP contribution is -2.25. The molecule has 0 radical (unpaired) electrons. The van der Waals surface area contributed by atoms with E-state index >= 15 is 0 Å². The molecule has 8 nitrogen and oxygen atoms in total. The van der Waals surface area contributed by atoms with Gasteiger partial charge in [0.1, 0.15) is 0 Å². The van der Waals surface area contributed by atoms with Gasteiger partial charge in [-0.25, -0.2) is 27.8 Å². The third-order valence-electron chi connectivity index (χ3n) is 5.89. The van der Waals surface area contributed by atoms with Crippen molar-refractivity contribution < 1.29 is 18.0 Å². The van der Waals surface area contributed by atoms with E-state index in [-0.39, 0.29) is 23.7 Å². The Morgan fingerprint density at radius 2 is 1.64 bits per heavy atom. The maximum absolute atomic E-state index is 13.7. The van der Waals surface area contributed by atoms with E-state index in [0.29, 0.717) is 29.1 Å². The number of carbonyl (C=O) groups excluding carboxylic acids is 1. The van der Waals surface area contributed by atoms with Crippen molar-refractivity contribution in [3.8, 4) is 22.6 Å². The zero-order chi connectivity index (χ0) is 27.8. The molecule has 2 aromatic carbocycles. The lowest BCUT2D eigenvalue weighted by Gasteiger charge is -2.09. The molecule has 202 valence electrons. The van der Waals surface area contributed by atoms with Crippen LogP contribution in [0.4, 0.5) is 13.2 Å². The number of amides is 1. The Balaban J connectivity index is 1.45. The molecular weight excluding hydrogens is 509 g/mol. The second-order valence-corrected chi connectivity index (χ2v) is 8.78. The van der Waals surface area contributed by atoms with Gasteiger partial charge in [-0.2, -0.15) is 5.10 Å². The summed E-state index contributed by atoms with van der Waals surface area (Å²) < 4.78 is 41.8. The molecule has 0 saturated carbocycles. The summed E-state index contributed by atoms with van der Waals surface area (Å²) in [4.78, 5) is 33.4. The van der Waals surface area contributed by atoms with Crippen molar-refractivity contribution in [2.45, 2.75) is 26.3 Å². The van der Waals surface area contributed by atoms with E-state index < -0.39 is 23.0 Å². The molecule has 0 aliphatic rings. The van der Waals surface area contributed by atoms with Crippen LogP contribution in [0.5, 0.6) is 0 Å². The average Bonchev–Trinajstić information content (AvgIpc) is 2.94. The van der Waals surface area contributed by atoms with Crippen LogP contribution in [0.3, 0.4) is 0 Å². The Hall–Kier alpha value is -4.38. The van der Waals surface area contributed by atoms with Gasteiger partial charge in [-0.15, -0.1) is 0 Å². The fourth-order valence-corrected chi connectivity index (χ4v) is 3.85. The Morgan fingerprint density at radius 1 is 0.923 bits per heavy atom. The Bertz CT molecular complexity index is 1490. The van der Waals surface area contributed by atoms with E-state index in [2.05, 4.69) is 25.7 Å². The number of carbonyl (C=O) groups is 1. The topological polar surface area (TPSA) is 102 Å². The van der Waals surface area contributed by atoms with Crippen LogP contribution in [0.2, 0.25) is 0 Å². The van der Waals surface area contributed by atoms with Gasteiger partial charge >= 0.3 is 0 Å². The van der Waals surface area contributed by atoms with Crippen LogP contribution < -0.4 is 16.2 Å². The fraction of sp³-hybridized carbons (Fsp3) is 0.250. The molecule has 0 aliphatic heterocycles. The van der Waals surface area contributed by atoms with Crippen molar-refractivity contribution in [1.29, 1.82) is 0 Å². The number of halogens is 3. The van der Waals surface area contributed by atoms with Crippen molar-refractivity contribution >= 4 is 5.91 Å². The maximum atomic E-state index is 13.7. The quantitative estimate of drug-likeness (QED) is 0.222. The summed E-state index contributed by atoms with van der Waals surface area (Å²) in [5.41, 5.74) is 1.38. The van der Waals surface area contributed by atoms with Crippen molar-refractivity contribution in [2.24, 2.45) is 0 Å². The van der Waals surface area contributed by atoms with Crippen LogP contribution in [0.1, 0.15) is 35.7 Å². The summed E-state index contributed by atoms with van der Waals surface area (Å²) in [5.74, 6) is -4.12. The van der Waals surface area contributed by atoms with Crippen LogP contribution >= 0.6 is 0 Å². The number of aromatic nitrogens is 4. The number of nitrogens with one attached hydrogen (secondary N) is 2. The Morgan fingerprint density at radius 3 is 2.36 bits per heavy atom. The fourth-order valence-electron chi connectivity index (χ4n) is 3.85. The van der Waals surface area contributed by atoms with E-state index in [9.17, 15) is 22.8 Å². The van der Waals surface area contributed by atoms with Crippen molar-refractivity contribution in [2.75, 3.05) is 19.6 Å². The number of benzene rings is 2. The van der Waals surface area contributed by atoms with Gasteiger partial charge < -0.3 is 10.6 Å². The highest BCUT2D eigenvalue weighted by molar-refractivity contribution is 5.93. The SMILES string of the molecule is CCNCCCCNC(=O)c1cnc(-c2cccc(Cn3nc(-c4cc(F)c(F)c(F)c4)ccc3=O)c2)nc1. The number of unbranched alkanes of at least 4 members (excludes halogenated alkanes) is 1. The molecule has 1 amide bonds. The minimum atomic E-state index is -1.57. The Labute approximate surface area is 222 Å². The molecule has 4 aromatic rings. The molecule has 0 aliphatic carbocycles. The number of rotatable bonds is 11.